The molecule has 0 bridgehead atoms. The van der Waals surface area contributed by atoms with Crippen LogP contribution in [0.5, 0.6) is 0 Å². The van der Waals surface area contributed by atoms with Crippen LogP contribution < -0.4 is 5.32 Å². The molecule has 3 heteroatoms. The van der Waals surface area contributed by atoms with Crippen LogP contribution in [0.1, 0.15) is 12.5 Å². The zero-order valence-corrected chi connectivity index (χ0v) is 9.53. The van der Waals surface area contributed by atoms with E-state index in [1.807, 2.05) is 30.3 Å². The molecule has 1 aromatic carbocycles. The Bertz CT molecular complexity index is 608. The van der Waals surface area contributed by atoms with Gasteiger partial charge in [0.25, 0.3) is 0 Å². The third kappa shape index (κ3) is 3.05. The molecule has 17 heavy (non-hydrogen) atoms. The molecule has 0 aliphatic heterocycles. The van der Waals surface area contributed by atoms with Gasteiger partial charge in [0.1, 0.15) is 0 Å². The van der Waals surface area contributed by atoms with Crippen molar-refractivity contribution in [2.24, 2.45) is 0 Å². The molecule has 1 N–H and O–H groups in total. The highest BCUT2D eigenvalue weighted by Crippen LogP contribution is 2.12. The number of amides is 1. The van der Waals surface area contributed by atoms with Gasteiger partial charge >= 0.3 is 0 Å². The van der Waals surface area contributed by atoms with Crippen molar-refractivity contribution in [3.63, 3.8) is 0 Å². The van der Waals surface area contributed by atoms with Crippen LogP contribution in [0.15, 0.2) is 36.5 Å². The third-order valence-corrected chi connectivity index (χ3v) is 2.26. The maximum atomic E-state index is 10.6. The van der Waals surface area contributed by atoms with Gasteiger partial charge in [-0.2, -0.15) is 0 Å². The average molecular weight is 224 g/mol. The predicted octanol–water partition coefficient (Wildman–Crippen LogP) is 1.72. The first-order valence-corrected chi connectivity index (χ1v) is 5.34. The SMILES string of the molecule is CC(=O)NCC#Cc1ccc2ncccc2c1. The molecule has 0 saturated carbocycles. The largest absolute Gasteiger partial charge is 0.345 e. The van der Waals surface area contributed by atoms with Crippen molar-refractivity contribution < 1.29 is 4.79 Å². The fraction of sp³-hybridized carbons (Fsp3) is 0.143. The van der Waals surface area contributed by atoms with Crippen molar-refractivity contribution in [2.45, 2.75) is 6.92 Å². The van der Waals surface area contributed by atoms with Gasteiger partial charge in [0.2, 0.25) is 5.91 Å². The minimum atomic E-state index is -0.0676. The molecular formula is C14H12N2O. The first-order valence-electron chi connectivity index (χ1n) is 5.34. The van der Waals surface area contributed by atoms with E-state index in [-0.39, 0.29) is 5.91 Å². The Morgan fingerprint density at radius 1 is 1.41 bits per heavy atom. The number of hydrogen-bond acceptors (Lipinski definition) is 2. The first-order chi connectivity index (χ1) is 8.25. The summed E-state index contributed by atoms with van der Waals surface area (Å²) in [6, 6.07) is 9.76. The van der Waals surface area contributed by atoms with Crippen molar-refractivity contribution in [1.29, 1.82) is 0 Å². The monoisotopic (exact) mass is 224 g/mol. The Kier molecular flexibility index (Phi) is 3.37. The fourth-order valence-electron chi connectivity index (χ4n) is 1.47. The molecule has 1 aromatic heterocycles. The van der Waals surface area contributed by atoms with Crippen molar-refractivity contribution in [3.05, 3.63) is 42.1 Å². The van der Waals surface area contributed by atoms with Crippen LogP contribution >= 0.6 is 0 Å². The van der Waals surface area contributed by atoms with E-state index >= 15 is 0 Å². The lowest BCUT2D eigenvalue weighted by molar-refractivity contribution is -0.118. The highest BCUT2D eigenvalue weighted by molar-refractivity contribution is 5.79. The topological polar surface area (TPSA) is 42.0 Å². The van der Waals surface area contributed by atoms with E-state index in [2.05, 4.69) is 22.1 Å². The minimum absolute atomic E-state index is 0.0676. The fourth-order valence-corrected chi connectivity index (χ4v) is 1.47. The highest BCUT2D eigenvalue weighted by atomic mass is 16.1. The van der Waals surface area contributed by atoms with Gasteiger partial charge in [-0.05, 0) is 24.3 Å². The van der Waals surface area contributed by atoms with E-state index in [1.165, 1.54) is 6.92 Å². The lowest BCUT2D eigenvalue weighted by Crippen LogP contribution is -2.19. The molecular weight excluding hydrogens is 212 g/mol. The van der Waals surface area contributed by atoms with Gasteiger partial charge in [-0.15, -0.1) is 0 Å². The number of fused-ring (bicyclic) bond motifs is 1. The second-order valence-electron chi connectivity index (χ2n) is 3.62. The summed E-state index contributed by atoms with van der Waals surface area (Å²) in [7, 11) is 0. The van der Waals surface area contributed by atoms with E-state index in [0.29, 0.717) is 6.54 Å². The second kappa shape index (κ2) is 5.13. The third-order valence-electron chi connectivity index (χ3n) is 2.26. The number of nitrogens with zero attached hydrogens (tertiary/aromatic N) is 1. The lowest BCUT2D eigenvalue weighted by Gasteiger charge is -1.96. The molecule has 0 aliphatic rings. The van der Waals surface area contributed by atoms with Gasteiger partial charge in [0.15, 0.2) is 0 Å². The number of hydrogen-bond donors (Lipinski definition) is 1. The van der Waals surface area contributed by atoms with Crippen molar-refractivity contribution in [1.82, 2.24) is 10.3 Å². The van der Waals surface area contributed by atoms with Gasteiger partial charge in [-0.3, -0.25) is 9.78 Å². The molecule has 84 valence electrons. The number of rotatable bonds is 1. The maximum absolute atomic E-state index is 10.6. The maximum Gasteiger partial charge on any atom is 0.217 e. The van der Waals surface area contributed by atoms with Crippen LogP contribution in [-0.2, 0) is 4.79 Å². The number of nitrogens with one attached hydrogen (secondary N) is 1. The van der Waals surface area contributed by atoms with Crippen LogP contribution in [0.25, 0.3) is 10.9 Å². The van der Waals surface area contributed by atoms with E-state index in [1.54, 1.807) is 6.20 Å². The Hall–Kier alpha value is -2.34. The summed E-state index contributed by atoms with van der Waals surface area (Å²) in [5.74, 6) is 5.83. The molecule has 2 aromatic rings. The van der Waals surface area contributed by atoms with E-state index < -0.39 is 0 Å². The summed E-state index contributed by atoms with van der Waals surface area (Å²) in [4.78, 5) is 14.9. The second-order valence-corrected chi connectivity index (χ2v) is 3.62. The van der Waals surface area contributed by atoms with E-state index in [4.69, 9.17) is 0 Å². The van der Waals surface area contributed by atoms with Crippen LogP contribution in [0, 0.1) is 11.8 Å². The molecule has 0 fully saturated rings. The molecule has 2 rings (SSSR count). The summed E-state index contributed by atoms with van der Waals surface area (Å²) >= 11 is 0. The normalized spacial score (nSPS) is 9.47. The van der Waals surface area contributed by atoms with Gasteiger partial charge in [-0.25, -0.2) is 0 Å². The van der Waals surface area contributed by atoms with Crippen LogP contribution in [-0.4, -0.2) is 17.4 Å². The Morgan fingerprint density at radius 3 is 3.12 bits per heavy atom. The van der Waals surface area contributed by atoms with Crippen LogP contribution in [0.2, 0.25) is 0 Å². The van der Waals surface area contributed by atoms with Crippen molar-refractivity contribution >= 4 is 16.8 Å². The Labute approximate surface area is 99.9 Å². The standard InChI is InChI=1S/C14H12N2O/c1-11(17)15-8-2-4-12-6-7-14-13(10-12)5-3-9-16-14/h3,5-7,9-10H,8H2,1H3,(H,15,17). The predicted molar refractivity (Wildman–Crippen MR) is 67.3 cm³/mol. The molecule has 1 heterocycles. The number of benzene rings is 1. The number of pyridine rings is 1. The van der Waals surface area contributed by atoms with Gasteiger partial charge in [-0.1, -0.05) is 17.9 Å². The number of aromatic nitrogens is 1. The molecule has 0 unspecified atom stereocenters. The summed E-state index contributed by atoms with van der Waals surface area (Å²) in [5.41, 5.74) is 1.88. The Balaban J connectivity index is 2.16. The molecule has 1 amide bonds. The summed E-state index contributed by atoms with van der Waals surface area (Å²) in [6.07, 6.45) is 1.77. The van der Waals surface area contributed by atoms with Crippen LogP contribution in [0.4, 0.5) is 0 Å². The van der Waals surface area contributed by atoms with Gasteiger partial charge in [0.05, 0.1) is 12.1 Å². The van der Waals surface area contributed by atoms with E-state index in [9.17, 15) is 4.79 Å². The summed E-state index contributed by atoms with van der Waals surface area (Å²) in [6.45, 7) is 1.85. The molecule has 3 nitrogen and oxygen atoms in total. The molecule has 0 aliphatic carbocycles. The lowest BCUT2D eigenvalue weighted by atomic mass is 10.1. The zero-order valence-electron chi connectivity index (χ0n) is 9.53. The molecule has 0 saturated heterocycles. The molecule has 0 spiro atoms. The van der Waals surface area contributed by atoms with Gasteiger partial charge in [0, 0.05) is 24.1 Å². The smallest absolute Gasteiger partial charge is 0.217 e. The number of carbonyl (C=O) groups excluding carboxylic acids is 1. The number of carbonyl (C=O) groups is 1. The summed E-state index contributed by atoms with van der Waals surface area (Å²) in [5, 5.41) is 3.70. The quantitative estimate of drug-likeness (QED) is 0.749. The van der Waals surface area contributed by atoms with Crippen LogP contribution in [0.3, 0.4) is 0 Å². The zero-order chi connectivity index (χ0) is 12.1. The highest BCUT2D eigenvalue weighted by Gasteiger charge is 1.93. The Morgan fingerprint density at radius 2 is 2.29 bits per heavy atom. The first kappa shape index (κ1) is 11.2. The van der Waals surface area contributed by atoms with Gasteiger partial charge < -0.3 is 5.32 Å². The summed E-state index contributed by atoms with van der Waals surface area (Å²) < 4.78 is 0. The van der Waals surface area contributed by atoms with Crippen molar-refractivity contribution in [3.8, 4) is 11.8 Å². The van der Waals surface area contributed by atoms with E-state index in [0.717, 1.165) is 16.5 Å². The molecule has 0 radical (unpaired) electrons. The minimum Gasteiger partial charge on any atom is -0.345 e. The molecule has 0 atom stereocenters. The van der Waals surface area contributed by atoms with Crippen molar-refractivity contribution in [2.75, 3.05) is 6.54 Å². The average Bonchev–Trinajstić information content (AvgIpc) is 2.34.